The Bertz CT molecular complexity index is 713. The summed E-state index contributed by atoms with van der Waals surface area (Å²) in [6.07, 6.45) is 0.445. The van der Waals surface area contributed by atoms with Crippen LogP contribution >= 0.6 is 11.3 Å². The Balaban J connectivity index is 1.90. The van der Waals surface area contributed by atoms with Gasteiger partial charge >= 0.3 is 0 Å². The van der Waals surface area contributed by atoms with Crippen LogP contribution in [-0.4, -0.2) is 35.2 Å². The van der Waals surface area contributed by atoms with Crippen molar-refractivity contribution in [3.63, 3.8) is 0 Å². The van der Waals surface area contributed by atoms with E-state index in [1.807, 2.05) is 50.4 Å². The molecule has 0 bridgehead atoms. The first kappa shape index (κ1) is 21.2. The molecule has 7 heteroatoms. The van der Waals surface area contributed by atoms with E-state index < -0.39 is 6.10 Å². The molecule has 0 aliphatic heterocycles. The number of aliphatic imine (C=N–C) groups is 1. The maximum atomic E-state index is 10.4. The van der Waals surface area contributed by atoms with E-state index in [0.29, 0.717) is 19.0 Å². The molecule has 1 aromatic heterocycles. The first-order valence-corrected chi connectivity index (χ1v) is 10.3. The SMILES string of the molecule is CCNC(=NCc1csc(CC)n1)NCC(O)c1ccc(OC(C)C)cc1. The number of aliphatic hydroxyl groups excluding tert-OH is 1. The molecule has 0 radical (unpaired) electrons. The predicted molar refractivity (Wildman–Crippen MR) is 111 cm³/mol. The van der Waals surface area contributed by atoms with E-state index in [-0.39, 0.29) is 6.10 Å². The molecule has 0 saturated carbocycles. The van der Waals surface area contributed by atoms with E-state index in [0.717, 1.165) is 35.0 Å². The van der Waals surface area contributed by atoms with Crippen LogP contribution in [0.25, 0.3) is 0 Å². The highest BCUT2D eigenvalue weighted by Crippen LogP contribution is 2.18. The number of rotatable bonds is 9. The third kappa shape index (κ3) is 7.19. The molecule has 3 N–H and O–H groups in total. The van der Waals surface area contributed by atoms with Gasteiger partial charge in [0.25, 0.3) is 0 Å². The molecule has 2 rings (SSSR count). The molecule has 0 saturated heterocycles. The molecule has 6 nitrogen and oxygen atoms in total. The van der Waals surface area contributed by atoms with Crippen LogP contribution in [0.2, 0.25) is 0 Å². The van der Waals surface area contributed by atoms with Crippen molar-refractivity contribution in [1.29, 1.82) is 0 Å². The van der Waals surface area contributed by atoms with Crippen LogP contribution in [0.15, 0.2) is 34.6 Å². The van der Waals surface area contributed by atoms with E-state index in [1.54, 1.807) is 11.3 Å². The topological polar surface area (TPSA) is 78.8 Å². The van der Waals surface area contributed by atoms with Crippen LogP contribution in [0.5, 0.6) is 5.75 Å². The lowest BCUT2D eigenvalue weighted by Crippen LogP contribution is -2.39. The second kappa shape index (κ2) is 10.9. The zero-order valence-corrected chi connectivity index (χ0v) is 17.3. The van der Waals surface area contributed by atoms with Gasteiger partial charge in [-0.1, -0.05) is 19.1 Å². The lowest BCUT2D eigenvalue weighted by atomic mass is 10.1. The van der Waals surface area contributed by atoms with E-state index in [9.17, 15) is 5.11 Å². The molecule has 1 heterocycles. The zero-order chi connectivity index (χ0) is 19.6. The van der Waals surface area contributed by atoms with Crippen LogP contribution in [0.3, 0.4) is 0 Å². The van der Waals surface area contributed by atoms with Gasteiger partial charge in [-0.3, -0.25) is 0 Å². The Hall–Kier alpha value is -2.12. The summed E-state index contributed by atoms with van der Waals surface area (Å²) in [7, 11) is 0. The highest BCUT2D eigenvalue weighted by molar-refractivity contribution is 7.09. The highest BCUT2D eigenvalue weighted by atomic mass is 32.1. The van der Waals surface area contributed by atoms with E-state index >= 15 is 0 Å². The average Bonchev–Trinajstić information content (AvgIpc) is 3.12. The minimum atomic E-state index is -0.632. The first-order chi connectivity index (χ1) is 13.0. The normalized spacial score (nSPS) is 12.9. The molecule has 0 aliphatic rings. The number of aliphatic hydroxyl groups is 1. The second-order valence-electron chi connectivity index (χ2n) is 6.41. The van der Waals surface area contributed by atoms with Gasteiger partial charge in [-0.05, 0) is 44.9 Å². The maximum absolute atomic E-state index is 10.4. The smallest absolute Gasteiger partial charge is 0.191 e. The van der Waals surface area contributed by atoms with E-state index in [4.69, 9.17) is 4.74 Å². The van der Waals surface area contributed by atoms with Crippen LogP contribution in [0.1, 0.15) is 50.1 Å². The number of aryl methyl sites for hydroxylation is 1. The van der Waals surface area contributed by atoms with E-state index in [2.05, 4.69) is 27.5 Å². The number of hydrogen-bond acceptors (Lipinski definition) is 5. The van der Waals surface area contributed by atoms with Crippen LogP contribution in [0.4, 0.5) is 0 Å². The Morgan fingerprint density at radius 1 is 1.22 bits per heavy atom. The van der Waals surface area contributed by atoms with E-state index in [1.165, 1.54) is 0 Å². The number of nitrogens with zero attached hydrogens (tertiary/aromatic N) is 2. The van der Waals surface area contributed by atoms with Gasteiger partial charge in [0.05, 0.1) is 29.5 Å². The van der Waals surface area contributed by atoms with Crippen molar-refractivity contribution in [1.82, 2.24) is 15.6 Å². The number of thiazole rings is 1. The summed E-state index contributed by atoms with van der Waals surface area (Å²) in [5.74, 6) is 1.47. The number of ether oxygens (including phenoxy) is 1. The fraction of sp³-hybridized carbons (Fsp3) is 0.500. The van der Waals surface area contributed by atoms with Crippen LogP contribution < -0.4 is 15.4 Å². The Kier molecular flexibility index (Phi) is 8.54. The van der Waals surface area contributed by atoms with Gasteiger partial charge in [-0.25, -0.2) is 9.98 Å². The number of nitrogens with one attached hydrogen (secondary N) is 2. The van der Waals surface area contributed by atoms with Crippen molar-refractivity contribution in [2.24, 2.45) is 4.99 Å². The van der Waals surface area contributed by atoms with Gasteiger partial charge in [-0.2, -0.15) is 0 Å². The Morgan fingerprint density at radius 2 is 1.96 bits per heavy atom. The summed E-state index contributed by atoms with van der Waals surface area (Å²) < 4.78 is 5.63. The zero-order valence-electron chi connectivity index (χ0n) is 16.5. The molecule has 0 amide bonds. The third-order valence-corrected chi connectivity index (χ3v) is 4.79. The molecule has 0 aliphatic carbocycles. The Labute approximate surface area is 165 Å². The van der Waals surface area contributed by atoms with Crippen molar-refractivity contribution in [2.45, 2.75) is 52.9 Å². The first-order valence-electron chi connectivity index (χ1n) is 9.41. The van der Waals surface area contributed by atoms with Gasteiger partial charge < -0.3 is 20.5 Å². The number of benzene rings is 1. The minimum Gasteiger partial charge on any atom is -0.491 e. The lowest BCUT2D eigenvalue weighted by Gasteiger charge is -2.16. The summed E-state index contributed by atoms with van der Waals surface area (Å²) in [6, 6.07) is 7.53. The number of aromatic nitrogens is 1. The van der Waals surface area contributed by atoms with Crippen molar-refractivity contribution in [3.05, 3.63) is 45.9 Å². The molecular formula is C20H30N4O2S. The Morgan fingerprint density at radius 3 is 2.56 bits per heavy atom. The molecule has 1 unspecified atom stereocenters. The molecule has 148 valence electrons. The lowest BCUT2D eigenvalue weighted by molar-refractivity contribution is 0.180. The van der Waals surface area contributed by atoms with Crippen LogP contribution in [-0.2, 0) is 13.0 Å². The fourth-order valence-electron chi connectivity index (χ4n) is 2.44. The predicted octanol–water partition coefficient (Wildman–Crippen LogP) is 3.28. The molecule has 2 aromatic rings. The second-order valence-corrected chi connectivity index (χ2v) is 7.36. The summed E-state index contributed by atoms with van der Waals surface area (Å²) in [5, 5.41) is 20.0. The third-order valence-electron chi connectivity index (χ3n) is 3.74. The van der Waals surface area contributed by atoms with Gasteiger partial charge in [0.1, 0.15) is 5.75 Å². The van der Waals surface area contributed by atoms with Crippen molar-refractivity contribution < 1.29 is 9.84 Å². The summed E-state index contributed by atoms with van der Waals surface area (Å²) in [6.45, 7) is 9.72. The van der Waals surface area contributed by atoms with Crippen LogP contribution in [0, 0.1) is 0 Å². The quantitative estimate of drug-likeness (QED) is 0.452. The summed E-state index contributed by atoms with van der Waals surface area (Å²) in [4.78, 5) is 9.08. The van der Waals surface area contributed by atoms with Gasteiger partial charge in [0, 0.05) is 18.5 Å². The molecular weight excluding hydrogens is 360 g/mol. The van der Waals surface area contributed by atoms with Gasteiger partial charge in [0.2, 0.25) is 0 Å². The molecule has 1 aromatic carbocycles. The number of hydrogen-bond donors (Lipinski definition) is 3. The van der Waals surface area contributed by atoms with Crippen molar-refractivity contribution in [3.8, 4) is 5.75 Å². The molecule has 27 heavy (non-hydrogen) atoms. The van der Waals surface area contributed by atoms with Gasteiger partial charge in [-0.15, -0.1) is 11.3 Å². The van der Waals surface area contributed by atoms with Gasteiger partial charge in [0.15, 0.2) is 5.96 Å². The average molecular weight is 391 g/mol. The largest absolute Gasteiger partial charge is 0.491 e. The molecule has 0 spiro atoms. The number of guanidine groups is 1. The summed E-state index contributed by atoms with van der Waals surface area (Å²) in [5.41, 5.74) is 1.80. The fourth-order valence-corrected chi connectivity index (χ4v) is 3.17. The van der Waals surface area contributed by atoms with Crippen molar-refractivity contribution >= 4 is 17.3 Å². The van der Waals surface area contributed by atoms with Crippen molar-refractivity contribution in [2.75, 3.05) is 13.1 Å². The minimum absolute atomic E-state index is 0.132. The molecule has 1 atom stereocenters. The monoisotopic (exact) mass is 390 g/mol. The summed E-state index contributed by atoms with van der Waals surface area (Å²) >= 11 is 1.66. The molecule has 0 fully saturated rings. The maximum Gasteiger partial charge on any atom is 0.191 e. The highest BCUT2D eigenvalue weighted by Gasteiger charge is 2.09. The standard InChI is InChI=1S/C20H30N4O2S/c1-5-19-24-16(13-27-19)11-22-20(21-6-2)23-12-18(25)15-7-9-17(10-8-15)26-14(3)4/h7-10,13-14,18,25H,5-6,11-12H2,1-4H3,(H2,21,22,23).